The van der Waals surface area contributed by atoms with Gasteiger partial charge < -0.3 is 10.0 Å². The molecule has 5 heteroatoms. The highest BCUT2D eigenvalue weighted by molar-refractivity contribution is 9.10. The van der Waals surface area contributed by atoms with Crippen LogP contribution in [0.3, 0.4) is 0 Å². The number of nitrogens with zero attached hydrogens (tertiary/aromatic N) is 1. The second-order valence-corrected chi connectivity index (χ2v) is 8.28. The second kappa shape index (κ2) is 5.93. The number of aromatic hydroxyl groups is 1. The second-order valence-electron chi connectivity index (χ2n) is 6.10. The molecule has 0 saturated carbocycles. The van der Waals surface area contributed by atoms with E-state index >= 15 is 0 Å². The molecule has 0 bridgehead atoms. The van der Waals surface area contributed by atoms with Crippen molar-refractivity contribution in [2.75, 3.05) is 6.54 Å². The van der Waals surface area contributed by atoms with Crippen LogP contribution in [-0.4, -0.2) is 27.7 Å². The fraction of sp³-hybridized carbons (Fsp3) is 0.471. The average Bonchev–Trinajstić information content (AvgIpc) is 2.77. The van der Waals surface area contributed by atoms with Crippen LogP contribution in [0.15, 0.2) is 27.2 Å². The summed E-state index contributed by atoms with van der Waals surface area (Å²) in [5.74, 6) is 0.0643. The van der Waals surface area contributed by atoms with Gasteiger partial charge in [0.15, 0.2) is 5.78 Å². The third-order valence-corrected chi connectivity index (χ3v) is 6.69. The number of halogens is 1. The predicted molar refractivity (Wildman–Crippen MR) is 94.1 cm³/mol. The highest BCUT2D eigenvalue weighted by atomic mass is 79.9. The van der Waals surface area contributed by atoms with Gasteiger partial charge in [0.1, 0.15) is 5.75 Å². The Morgan fingerprint density at radius 1 is 1.36 bits per heavy atom. The lowest BCUT2D eigenvalue weighted by Crippen LogP contribution is -2.42. The molecule has 2 unspecified atom stereocenters. The van der Waals surface area contributed by atoms with Crippen LogP contribution >= 0.6 is 27.7 Å². The number of carbonyl (C=O) groups excluding carboxylic acids is 1. The number of Topliss-reactive ketones (excluding diaryl/α,β-unsaturated/α-hetero) is 1. The highest BCUT2D eigenvalue weighted by Crippen LogP contribution is 2.46. The zero-order chi connectivity index (χ0) is 16.0. The lowest BCUT2D eigenvalue weighted by atomic mass is 9.88. The number of ketones is 1. The number of phenolic OH excluding ortho intramolecular Hbond substituents is 1. The summed E-state index contributed by atoms with van der Waals surface area (Å²) >= 11 is 5.13. The van der Waals surface area contributed by atoms with Crippen molar-refractivity contribution in [3.05, 3.63) is 38.3 Å². The first-order chi connectivity index (χ1) is 10.4. The summed E-state index contributed by atoms with van der Waals surface area (Å²) in [6, 6.07) is 3.63. The van der Waals surface area contributed by atoms with Gasteiger partial charge in [-0.05, 0) is 67.2 Å². The van der Waals surface area contributed by atoms with Gasteiger partial charge in [0.2, 0.25) is 0 Å². The molecule has 2 aliphatic rings. The van der Waals surface area contributed by atoms with E-state index in [1.54, 1.807) is 17.8 Å². The van der Waals surface area contributed by atoms with Crippen molar-refractivity contribution in [2.24, 2.45) is 5.92 Å². The molecule has 2 atom stereocenters. The van der Waals surface area contributed by atoms with E-state index in [9.17, 15) is 9.90 Å². The summed E-state index contributed by atoms with van der Waals surface area (Å²) < 4.78 is 0.591. The number of carbonyl (C=O) groups is 1. The molecule has 2 aliphatic heterocycles. The van der Waals surface area contributed by atoms with Crippen LogP contribution in [0.5, 0.6) is 5.75 Å². The van der Waals surface area contributed by atoms with E-state index < -0.39 is 0 Å². The molecule has 1 N–H and O–H groups in total. The molecular weight excluding hydrogens is 362 g/mol. The Kier molecular flexibility index (Phi) is 4.29. The number of rotatable bonds is 2. The molecule has 1 fully saturated rings. The molecule has 0 spiro atoms. The fourth-order valence-electron chi connectivity index (χ4n) is 3.32. The van der Waals surface area contributed by atoms with Crippen molar-refractivity contribution in [3.8, 4) is 5.75 Å². The summed E-state index contributed by atoms with van der Waals surface area (Å²) in [6.07, 6.45) is 1.91. The van der Waals surface area contributed by atoms with Crippen molar-refractivity contribution < 1.29 is 9.90 Å². The maximum Gasteiger partial charge on any atom is 0.172 e. The number of aryl methyl sites for hydroxylation is 1. The minimum atomic E-state index is -0.0641. The van der Waals surface area contributed by atoms with Gasteiger partial charge in [0, 0.05) is 17.1 Å². The molecule has 3 nitrogen and oxygen atoms in total. The highest BCUT2D eigenvalue weighted by Gasteiger charge is 2.41. The van der Waals surface area contributed by atoms with Gasteiger partial charge in [0.25, 0.3) is 0 Å². The minimum Gasteiger partial charge on any atom is -0.506 e. The van der Waals surface area contributed by atoms with E-state index in [2.05, 4.69) is 34.7 Å². The van der Waals surface area contributed by atoms with Gasteiger partial charge in [0.05, 0.1) is 21.3 Å². The van der Waals surface area contributed by atoms with Crippen molar-refractivity contribution in [2.45, 2.75) is 39.0 Å². The summed E-state index contributed by atoms with van der Waals surface area (Å²) in [6.45, 7) is 7.22. The number of thioether (sulfide) groups is 1. The Bertz CT molecular complexity index is 671. The van der Waals surface area contributed by atoms with Gasteiger partial charge in [-0.15, -0.1) is 11.8 Å². The number of hydrogen-bond acceptors (Lipinski definition) is 4. The molecule has 1 aromatic carbocycles. The molecule has 1 aromatic rings. The van der Waals surface area contributed by atoms with E-state index in [1.807, 2.05) is 13.0 Å². The largest absolute Gasteiger partial charge is 0.506 e. The van der Waals surface area contributed by atoms with Crippen LogP contribution in [0.1, 0.15) is 42.6 Å². The van der Waals surface area contributed by atoms with Crippen LogP contribution in [0.2, 0.25) is 0 Å². The number of hydrogen-bond donors (Lipinski definition) is 1. The van der Waals surface area contributed by atoms with Gasteiger partial charge in [-0.2, -0.15) is 0 Å². The zero-order valence-electron chi connectivity index (χ0n) is 13.0. The maximum atomic E-state index is 13.0. The molecular formula is C17H20BrNO2S. The van der Waals surface area contributed by atoms with Gasteiger partial charge in [-0.3, -0.25) is 4.79 Å². The lowest BCUT2D eigenvalue weighted by Gasteiger charge is -2.37. The van der Waals surface area contributed by atoms with E-state index in [0.717, 1.165) is 24.9 Å². The number of fused-ring (bicyclic) bond motifs is 1. The first-order valence-corrected chi connectivity index (χ1v) is 9.21. The van der Waals surface area contributed by atoms with Crippen LogP contribution in [0.4, 0.5) is 0 Å². The molecule has 22 heavy (non-hydrogen) atoms. The third-order valence-electron chi connectivity index (χ3n) is 4.61. The van der Waals surface area contributed by atoms with Crippen LogP contribution < -0.4 is 0 Å². The molecule has 0 aliphatic carbocycles. The Morgan fingerprint density at radius 3 is 2.82 bits per heavy atom. The standard InChI is InChI=1S/C17H20BrNO2S/c1-9-7-13(16(21)14(18)8-9)15(20)12-5-4-6-19-10(2)11(3)22-17(12)19/h7-8,12,17,21H,4-6H2,1-3H3. The number of piperidine rings is 1. The lowest BCUT2D eigenvalue weighted by molar-refractivity contribution is 0.0825. The third kappa shape index (κ3) is 2.58. The smallest absolute Gasteiger partial charge is 0.172 e. The first-order valence-electron chi connectivity index (χ1n) is 7.54. The summed E-state index contributed by atoms with van der Waals surface area (Å²) in [7, 11) is 0. The maximum absolute atomic E-state index is 13.0. The molecule has 0 aromatic heterocycles. The SMILES string of the molecule is CC1=C(C)N2CCCC(C(=O)c3cc(C)cc(Br)c3O)C2S1. The molecule has 1 saturated heterocycles. The topological polar surface area (TPSA) is 40.5 Å². The van der Waals surface area contributed by atoms with Gasteiger partial charge in [-0.25, -0.2) is 0 Å². The van der Waals surface area contributed by atoms with Crippen LogP contribution in [-0.2, 0) is 0 Å². The van der Waals surface area contributed by atoms with E-state index in [0.29, 0.717) is 10.0 Å². The van der Waals surface area contributed by atoms with E-state index in [1.165, 1.54) is 10.6 Å². The number of benzene rings is 1. The van der Waals surface area contributed by atoms with Crippen LogP contribution in [0.25, 0.3) is 0 Å². The number of allylic oxidation sites excluding steroid dienone is 2. The summed E-state index contributed by atoms with van der Waals surface area (Å²) in [5, 5.41) is 10.4. The Morgan fingerprint density at radius 2 is 2.09 bits per heavy atom. The quantitative estimate of drug-likeness (QED) is 0.754. The molecule has 3 rings (SSSR count). The van der Waals surface area contributed by atoms with Crippen molar-refractivity contribution in [1.82, 2.24) is 4.90 Å². The van der Waals surface area contributed by atoms with Gasteiger partial charge in [-0.1, -0.05) is 0 Å². The molecule has 0 amide bonds. The van der Waals surface area contributed by atoms with Crippen molar-refractivity contribution in [3.63, 3.8) is 0 Å². The van der Waals surface area contributed by atoms with Gasteiger partial charge >= 0.3 is 0 Å². The predicted octanol–water partition coefficient (Wildman–Crippen LogP) is 4.68. The zero-order valence-corrected chi connectivity index (χ0v) is 15.4. The van der Waals surface area contributed by atoms with Crippen LogP contribution in [0, 0.1) is 12.8 Å². The first kappa shape index (κ1) is 15.9. The Hall–Kier alpha value is -0.940. The monoisotopic (exact) mass is 381 g/mol. The Labute approximate surface area is 143 Å². The average molecular weight is 382 g/mol. The molecule has 0 radical (unpaired) electrons. The molecule has 118 valence electrons. The van der Waals surface area contributed by atoms with Crippen molar-refractivity contribution >= 4 is 33.5 Å². The van der Waals surface area contributed by atoms with E-state index in [-0.39, 0.29) is 22.8 Å². The minimum absolute atomic E-state index is 0.0617. The van der Waals surface area contributed by atoms with E-state index in [4.69, 9.17) is 0 Å². The summed E-state index contributed by atoms with van der Waals surface area (Å²) in [4.78, 5) is 16.7. The molecule has 2 heterocycles. The fourth-order valence-corrected chi connectivity index (χ4v) is 5.36. The normalized spacial score (nSPS) is 24.6. The number of phenols is 1. The summed E-state index contributed by atoms with van der Waals surface area (Å²) in [5.41, 5.74) is 2.72. The van der Waals surface area contributed by atoms with Crippen molar-refractivity contribution in [1.29, 1.82) is 0 Å². The Balaban J connectivity index is 1.93.